The number of imide groups is 1. The van der Waals surface area contributed by atoms with Crippen molar-refractivity contribution in [3.63, 3.8) is 0 Å². The lowest BCUT2D eigenvalue weighted by molar-refractivity contribution is -0.122. The van der Waals surface area contributed by atoms with Crippen molar-refractivity contribution >= 4 is 33.5 Å². The van der Waals surface area contributed by atoms with Gasteiger partial charge in [-0.3, -0.25) is 15.0 Å². The standard InChI is InChI=1S/C18H24N4O2S/c1-2-10-19-18(24)21-16(23)12-22-11-6-5-8-14(22)17-20-13-7-3-4-9-15(13)25-17/h3-4,7,9,14H,2,5-6,8,10-12H2,1H3,(H2,19,21,23,24)/t14-/m0/s1. The second kappa shape index (κ2) is 8.40. The van der Waals surface area contributed by atoms with Gasteiger partial charge >= 0.3 is 6.03 Å². The van der Waals surface area contributed by atoms with E-state index in [4.69, 9.17) is 4.98 Å². The summed E-state index contributed by atoms with van der Waals surface area (Å²) in [5.74, 6) is -0.262. The number of hydrogen-bond donors (Lipinski definition) is 2. The van der Waals surface area contributed by atoms with Gasteiger partial charge in [-0.05, 0) is 37.9 Å². The number of para-hydroxylation sites is 1. The summed E-state index contributed by atoms with van der Waals surface area (Å²) in [6, 6.07) is 7.84. The molecule has 1 fully saturated rings. The molecular formula is C18H24N4O2S. The predicted octanol–water partition coefficient (Wildman–Crippen LogP) is 3.06. The molecule has 0 saturated carbocycles. The maximum atomic E-state index is 12.2. The second-order valence-corrected chi connectivity index (χ2v) is 7.37. The van der Waals surface area contributed by atoms with Crippen LogP contribution >= 0.6 is 11.3 Å². The second-order valence-electron chi connectivity index (χ2n) is 6.31. The SMILES string of the molecule is CCCNC(=O)NC(=O)CN1CCCC[C@H]1c1nc2ccccc2s1. The number of thiazole rings is 1. The molecule has 0 bridgehead atoms. The number of urea groups is 1. The molecule has 0 unspecified atom stereocenters. The van der Waals surface area contributed by atoms with Gasteiger partial charge in [0.25, 0.3) is 0 Å². The lowest BCUT2D eigenvalue weighted by Crippen LogP contribution is -2.46. The molecule has 0 radical (unpaired) electrons. The van der Waals surface area contributed by atoms with Gasteiger partial charge in [-0.15, -0.1) is 11.3 Å². The summed E-state index contributed by atoms with van der Waals surface area (Å²) in [5, 5.41) is 6.13. The number of benzene rings is 1. The van der Waals surface area contributed by atoms with Crippen LogP contribution in [0.5, 0.6) is 0 Å². The predicted molar refractivity (Wildman–Crippen MR) is 99.6 cm³/mol. The molecule has 1 aliphatic rings. The number of fused-ring (bicyclic) bond motifs is 1. The van der Waals surface area contributed by atoms with E-state index in [9.17, 15) is 9.59 Å². The summed E-state index contributed by atoms with van der Waals surface area (Å²) >= 11 is 1.70. The summed E-state index contributed by atoms with van der Waals surface area (Å²) in [7, 11) is 0. The van der Waals surface area contributed by atoms with E-state index in [1.807, 2.05) is 25.1 Å². The number of carbonyl (C=O) groups excluding carboxylic acids is 2. The highest BCUT2D eigenvalue weighted by atomic mass is 32.1. The Labute approximate surface area is 151 Å². The van der Waals surface area contributed by atoms with Crippen LogP contribution in [0.15, 0.2) is 24.3 Å². The lowest BCUT2D eigenvalue weighted by Gasteiger charge is -2.33. The van der Waals surface area contributed by atoms with E-state index in [1.165, 1.54) is 4.70 Å². The van der Waals surface area contributed by atoms with Crippen molar-refractivity contribution in [1.29, 1.82) is 0 Å². The number of rotatable bonds is 5. The van der Waals surface area contributed by atoms with Crippen LogP contribution in [0, 0.1) is 0 Å². The fourth-order valence-electron chi connectivity index (χ4n) is 3.13. The molecule has 1 aromatic carbocycles. The maximum absolute atomic E-state index is 12.2. The molecule has 1 atom stereocenters. The monoisotopic (exact) mass is 360 g/mol. The summed E-state index contributed by atoms with van der Waals surface area (Å²) in [6.45, 7) is 3.61. The number of nitrogens with one attached hydrogen (secondary N) is 2. The first-order chi connectivity index (χ1) is 12.2. The Kier molecular flexibility index (Phi) is 5.99. The molecule has 134 valence electrons. The van der Waals surface area contributed by atoms with Crippen LogP contribution in [0.1, 0.15) is 43.7 Å². The molecule has 2 heterocycles. The van der Waals surface area contributed by atoms with Gasteiger partial charge in [0, 0.05) is 6.54 Å². The summed E-state index contributed by atoms with van der Waals surface area (Å²) in [6.07, 6.45) is 4.04. The van der Waals surface area contributed by atoms with E-state index in [0.29, 0.717) is 6.54 Å². The Balaban J connectivity index is 1.66. The molecule has 0 aliphatic carbocycles. The fourth-order valence-corrected chi connectivity index (χ4v) is 4.26. The zero-order valence-corrected chi connectivity index (χ0v) is 15.3. The smallest absolute Gasteiger partial charge is 0.321 e. The highest BCUT2D eigenvalue weighted by Crippen LogP contribution is 2.35. The van der Waals surface area contributed by atoms with E-state index in [2.05, 4.69) is 21.6 Å². The Morgan fingerprint density at radius 1 is 1.32 bits per heavy atom. The minimum Gasteiger partial charge on any atom is -0.338 e. The van der Waals surface area contributed by atoms with Gasteiger partial charge in [0.2, 0.25) is 5.91 Å². The highest BCUT2D eigenvalue weighted by molar-refractivity contribution is 7.18. The minimum absolute atomic E-state index is 0.149. The van der Waals surface area contributed by atoms with E-state index in [-0.39, 0.29) is 18.5 Å². The number of carbonyl (C=O) groups is 2. The average Bonchev–Trinajstić information content (AvgIpc) is 3.04. The van der Waals surface area contributed by atoms with Gasteiger partial charge in [0.15, 0.2) is 0 Å². The van der Waals surface area contributed by atoms with Crippen LogP contribution in [0.2, 0.25) is 0 Å². The van der Waals surface area contributed by atoms with Crippen LogP contribution < -0.4 is 10.6 Å². The molecule has 3 rings (SSSR count). The molecule has 2 N–H and O–H groups in total. The van der Waals surface area contributed by atoms with Crippen molar-refractivity contribution in [2.24, 2.45) is 0 Å². The zero-order valence-electron chi connectivity index (χ0n) is 14.5. The molecule has 2 aromatic rings. The maximum Gasteiger partial charge on any atom is 0.321 e. The van der Waals surface area contributed by atoms with Gasteiger partial charge in [-0.1, -0.05) is 25.5 Å². The summed E-state index contributed by atoms with van der Waals surface area (Å²) < 4.78 is 1.17. The number of hydrogen-bond acceptors (Lipinski definition) is 5. The van der Waals surface area contributed by atoms with Crippen LogP contribution in [-0.4, -0.2) is 41.5 Å². The van der Waals surface area contributed by atoms with E-state index >= 15 is 0 Å². The molecule has 25 heavy (non-hydrogen) atoms. The molecule has 7 heteroatoms. The van der Waals surface area contributed by atoms with E-state index in [1.54, 1.807) is 11.3 Å². The quantitative estimate of drug-likeness (QED) is 0.859. The number of nitrogens with zero attached hydrogens (tertiary/aromatic N) is 2. The molecule has 1 aromatic heterocycles. The lowest BCUT2D eigenvalue weighted by atomic mass is 10.0. The summed E-state index contributed by atoms with van der Waals surface area (Å²) in [4.78, 5) is 30.8. The van der Waals surface area contributed by atoms with Crippen LogP contribution in [0.3, 0.4) is 0 Å². The van der Waals surface area contributed by atoms with Gasteiger partial charge < -0.3 is 5.32 Å². The van der Waals surface area contributed by atoms with Gasteiger partial charge in [-0.2, -0.15) is 0 Å². The molecule has 3 amide bonds. The van der Waals surface area contributed by atoms with E-state index < -0.39 is 6.03 Å². The van der Waals surface area contributed by atoms with Crippen molar-refractivity contribution in [2.75, 3.05) is 19.6 Å². The van der Waals surface area contributed by atoms with Crippen molar-refractivity contribution in [1.82, 2.24) is 20.5 Å². The topological polar surface area (TPSA) is 74.3 Å². The van der Waals surface area contributed by atoms with Crippen LogP contribution in [0.25, 0.3) is 10.2 Å². The third kappa shape index (κ3) is 4.55. The molecule has 1 saturated heterocycles. The van der Waals surface area contributed by atoms with E-state index in [0.717, 1.165) is 42.8 Å². The first kappa shape index (κ1) is 17.8. The van der Waals surface area contributed by atoms with Crippen molar-refractivity contribution in [3.8, 4) is 0 Å². The number of likely N-dealkylation sites (tertiary alicyclic amines) is 1. The van der Waals surface area contributed by atoms with Crippen molar-refractivity contribution < 1.29 is 9.59 Å². The highest BCUT2D eigenvalue weighted by Gasteiger charge is 2.28. The molecule has 6 nitrogen and oxygen atoms in total. The largest absolute Gasteiger partial charge is 0.338 e. The number of piperidine rings is 1. The van der Waals surface area contributed by atoms with Crippen molar-refractivity contribution in [3.05, 3.63) is 29.3 Å². The molecular weight excluding hydrogens is 336 g/mol. The average molecular weight is 360 g/mol. The van der Waals surface area contributed by atoms with Gasteiger partial charge in [-0.25, -0.2) is 9.78 Å². The van der Waals surface area contributed by atoms with Crippen LogP contribution in [-0.2, 0) is 4.79 Å². The number of aromatic nitrogens is 1. The van der Waals surface area contributed by atoms with Crippen LogP contribution in [0.4, 0.5) is 4.79 Å². The molecule has 1 aliphatic heterocycles. The minimum atomic E-state index is -0.416. The first-order valence-electron chi connectivity index (χ1n) is 8.84. The Morgan fingerprint density at radius 3 is 2.96 bits per heavy atom. The third-order valence-electron chi connectivity index (χ3n) is 4.34. The van der Waals surface area contributed by atoms with Crippen molar-refractivity contribution in [2.45, 2.75) is 38.6 Å². The third-order valence-corrected chi connectivity index (χ3v) is 5.48. The molecule has 0 spiro atoms. The number of amides is 3. The normalized spacial score (nSPS) is 18.2. The Bertz CT molecular complexity index is 713. The Hall–Kier alpha value is -1.99. The van der Waals surface area contributed by atoms with Gasteiger partial charge in [0.05, 0.1) is 22.8 Å². The first-order valence-corrected chi connectivity index (χ1v) is 9.66. The summed E-state index contributed by atoms with van der Waals surface area (Å²) in [5.41, 5.74) is 1.01. The Morgan fingerprint density at radius 2 is 2.16 bits per heavy atom. The van der Waals surface area contributed by atoms with Gasteiger partial charge in [0.1, 0.15) is 5.01 Å². The zero-order chi connectivity index (χ0) is 17.6. The fraction of sp³-hybridized carbons (Fsp3) is 0.500.